The molecule has 4 saturated heterocycles. The number of amides is 6. The van der Waals surface area contributed by atoms with Crippen molar-refractivity contribution in [2.75, 3.05) is 85.4 Å². The van der Waals surface area contributed by atoms with Crippen molar-refractivity contribution in [3.63, 3.8) is 0 Å². The van der Waals surface area contributed by atoms with Crippen molar-refractivity contribution in [1.29, 1.82) is 0 Å². The lowest BCUT2D eigenvalue weighted by Gasteiger charge is -2.40. The largest absolute Gasteiger partial charge is 0.534 e. The minimum Gasteiger partial charge on any atom is -0.444 e. The highest BCUT2D eigenvalue weighted by Gasteiger charge is 2.49. The number of carbonyl (C=O) groups is 6. The van der Waals surface area contributed by atoms with Gasteiger partial charge in [0.2, 0.25) is 5.88 Å². The van der Waals surface area contributed by atoms with E-state index in [-0.39, 0.29) is 69.0 Å². The lowest BCUT2D eigenvalue weighted by Crippen LogP contribution is -2.50. The zero-order valence-corrected chi connectivity index (χ0v) is 73.8. The highest BCUT2D eigenvalue weighted by molar-refractivity contribution is 7.88. The molecule has 6 amide bonds. The molecule has 10 heterocycles. The zero-order valence-electron chi connectivity index (χ0n) is 72.3. The third kappa shape index (κ3) is 25.0. The van der Waals surface area contributed by atoms with Gasteiger partial charge in [0, 0.05) is 199 Å². The number of aromatic nitrogens is 10. The number of benzene rings is 6. The highest BCUT2D eigenvalue weighted by Crippen LogP contribution is 2.39. The van der Waals surface area contributed by atoms with Crippen LogP contribution in [0.1, 0.15) is 129 Å². The van der Waals surface area contributed by atoms with Gasteiger partial charge in [0.05, 0.1) is 73.1 Å². The number of likely N-dealkylation sites (tertiary alicyclic amines) is 2. The van der Waals surface area contributed by atoms with E-state index in [1.807, 2.05) is 53.7 Å². The molecule has 6 aromatic heterocycles. The predicted octanol–water partition coefficient (Wildman–Crippen LogP) is 12.2. The van der Waals surface area contributed by atoms with Gasteiger partial charge in [-0.25, -0.2) is 50.9 Å². The molecular weight excluding hydrogens is 1780 g/mol. The Bertz CT molecular complexity index is 6370. The molecule has 4 aliphatic heterocycles. The molecule has 0 unspecified atom stereocenters. The molecule has 43 heteroatoms. The summed E-state index contributed by atoms with van der Waals surface area (Å²) in [5.74, 6) is -5.01. The molecule has 0 atom stereocenters. The van der Waals surface area contributed by atoms with Crippen molar-refractivity contribution in [2.24, 2.45) is 0 Å². The molecule has 690 valence electrons. The molecule has 4 aliphatic rings. The van der Waals surface area contributed by atoms with E-state index in [2.05, 4.69) is 85.5 Å². The number of anilines is 1. The van der Waals surface area contributed by atoms with Crippen LogP contribution in [0.5, 0.6) is 5.88 Å². The number of alkyl halides is 3. The van der Waals surface area contributed by atoms with Crippen LogP contribution in [0.3, 0.4) is 0 Å². The summed E-state index contributed by atoms with van der Waals surface area (Å²) in [5.41, 5.74) is 0.484. The monoisotopic (exact) mass is 1860 g/mol. The van der Waals surface area contributed by atoms with E-state index >= 15 is 0 Å². The van der Waals surface area contributed by atoms with Gasteiger partial charge in [-0.1, -0.05) is 35.9 Å². The second-order valence-corrected chi connectivity index (χ2v) is 33.6. The van der Waals surface area contributed by atoms with Crippen LogP contribution in [0.4, 0.5) is 54.9 Å². The SMILES string of the molecule is CC(C)(C)OC(=O)N1CC(c2nccnc2Cl)C1.CNC(=O)c1ccc(-c2nccnc2C2CN(C(=O)OC(C)(C)C)C2)cc1F.CNC(=O)c1ccc(-c2nccnc2C2CN(c3ccc4ccc(F)cc4n3)C2)cc1F.CNC(=O)c1ccc(-c2nccnc2C2CNC2)cc1F.CNC(=O)c1ccc(B(O)O)cc1F.O=S(=O)(Oc1ccc2ccc(F)cc2n1)C(F)(F)F. The Morgan fingerprint density at radius 1 is 0.439 bits per heavy atom. The maximum absolute atomic E-state index is 14.5. The molecule has 12 aromatic rings. The number of halogens is 10. The number of pyridine rings is 2. The third-order valence-electron chi connectivity index (χ3n) is 20.1. The van der Waals surface area contributed by atoms with E-state index in [1.165, 1.54) is 107 Å². The molecule has 0 bridgehead atoms. The minimum atomic E-state index is -5.79. The summed E-state index contributed by atoms with van der Waals surface area (Å²) in [6.45, 7) is 16.1. The molecule has 16 rings (SSSR count). The summed E-state index contributed by atoms with van der Waals surface area (Å²) in [6, 6.07) is 30.7. The van der Waals surface area contributed by atoms with E-state index in [0.717, 1.165) is 65.6 Å². The molecule has 4 fully saturated rings. The van der Waals surface area contributed by atoms with E-state index in [0.29, 0.717) is 101 Å². The Labute approximate surface area is 755 Å². The number of fused-ring (bicyclic) bond motifs is 2. The lowest BCUT2D eigenvalue weighted by molar-refractivity contribution is -0.0501. The van der Waals surface area contributed by atoms with Gasteiger partial charge < -0.3 is 65.0 Å². The summed E-state index contributed by atoms with van der Waals surface area (Å²) in [7, 11) is -1.76. The summed E-state index contributed by atoms with van der Waals surface area (Å²) in [5, 5.41) is 31.9. The summed E-state index contributed by atoms with van der Waals surface area (Å²) < 4.78 is 155. The summed E-state index contributed by atoms with van der Waals surface area (Å²) in [4.78, 5) is 118. The van der Waals surface area contributed by atoms with Crippen molar-refractivity contribution < 1.29 is 100 Å². The van der Waals surface area contributed by atoms with E-state index < -0.39 is 92.5 Å². The van der Waals surface area contributed by atoms with Gasteiger partial charge in [0.15, 0.2) is 5.15 Å². The van der Waals surface area contributed by atoms with Gasteiger partial charge in [-0.15, -0.1) is 0 Å². The quantitative estimate of drug-likeness (QED) is 0.0217. The molecule has 31 nitrogen and oxygen atoms in total. The number of hydrogen-bond donors (Lipinski definition) is 7. The molecule has 0 aliphatic carbocycles. The van der Waals surface area contributed by atoms with Crippen molar-refractivity contribution >= 4 is 97.7 Å². The summed E-state index contributed by atoms with van der Waals surface area (Å²) >= 11 is 5.96. The number of ether oxygens (including phenoxy) is 2. The molecule has 6 aromatic carbocycles. The molecule has 7 N–H and O–H groups in total. The van der Waals surface area contributed by atoms with Gasteiger partial charge in [-0.3, -0.25) is 54.1 Å². The zero-order chi connectivity index (χ0) is 95.8. The first kappa shape index (κ1) is 98.6. The number of rotatable bonds is 15. The van der Waals surface area contributed by atoms with Gasteiger partial charge in [-0.2, -0.15) is 21.6 Å². The third-order valence-corrected chi connectivity index (χ3v) is 21.4. The van der Waals surface area contributed by atoms with Crippen molar-refractivity contribution in [1.82, 2.24) is 86.2 Å². The van der Waals surface area contributed by atoms with E-state index in [4.69, 9.17) is 31.1 Å². The number of nitrogens with zero attached hydrogens (tertiary/aromatic N) is 13. The fraction of sp³-hybridized carbons (Fsp3) is 0.281. The van der Waals surface area contributed by atoms with E-state index in [9.17, 15) is 76.7 Å². The Kier molecular flexibility index (Phi) is 31.9. The smallest absolute Gasteiger partial charge is 0.444 e. The van der Waals surface area contributed by atoms with Gasteiger partial charge in [-0.05, 0) is 138 Å². The van der Waals surface area contributed by atoms with Gasteiger partial charge >= 0.3 is 34.9 Å². The Morgan fingerprint density at radius 3 is 1.15 bits per heavy atom. The van der Waals surface area contributed by atoms with Crippen LogP contribution in [0, 0.1) is 34.9 Å². The van der Waals surface area contributed by atoms with Gasteiger partial charge in [0.1, 0.15) is 51.9 Å². The second kappa shape index (κ2) is 42.7. The predicted molar refractivity (Wildman–Crippen MR) is 470 cm³/mol. The first-order chi connectivity index (χ1) is 62.5. The average Bonchev–Trinajstić information content (AvgIpc) is 0.771. The Balaban J connectivity index is 0.000000156. The Hall–Kier alpha value is -14.0. The molecule has 0 saturated carbocycles. The van der Waals surface area contributed by atoms with Crippen LogP contribution in [-0.2, 0) is 19.6 Å². The van der Waals surface area contributed by atoms with Crippen molar-refractivity contribution in [3.8, 4) is 39.7 Å². The number of hydrogen-bond acceptors (Lipinski definition) is 25. The average molecular weight is 1870 g/mol. The van der Waals surface area contributed by atoms with Crippen LogP contribution < -0.4 is 41.1 Å². The first-order valence-corrected chi connectivity index (χ1v) is 42.2. The van der Waals surface area contributed by atoms with E-state index in [1.54, 1.807) is 77.4 Å². The maximum atomic E-state index is 14.5. The second-order valence-electron chi connectivity index (χ2n) is 31.7. The van der Waals surface area contributed by atoms with Crippen LogP contribution >= 0.6 is 11.6 Å². The first-order valence-electron chi connectivity index (χ1n) is 40.4. The molecule has 0 spiro atoms. The number of nitrogens with one attached hydrogen (secondary N) is 5. The summed E-state index contributed by atoms with van der Waals surface area (Å²) in [6.07, 6.45) is 12.0. The standard InChI is InChI=1S/C24H19F2N5O.C20H23FN4O3.C15H15FN4O.C12H16ClN3O2.C10H5F4NO3S.C8H9BFNO3/c1-27-24(32)18-6-3-15(10-19(18)26)22-23(29-9-8-28-22)16-12-31(13-16)21-7-4-14-2-5-17(25)11-20(14)30-21;1-20(2,3)28-19(27)25-10-13(11-25)17-16(23-7-8-24-17)12-5-6-14(15(21)9-12)18(26)22-4;1-17-15(21)11-3-2-9(6-12(11)16)13-14(10-7-18-8-10)20-5-4-19-13;1-12(2,3)18-11(17)16-6-8(7-16)9-10(13)15-5-4-14-9;11-7-3-1-6-2-4-9(15-8(6)5-7)18-19(16,17)10(12,13)14;1-11-8(12)6-3-2-5(9(13)14)4-7(6)10/h2-11,16H,12-13H2,1H3,(H,27,32);5-9,13H,10-11H2,1-4H3,(H,22,26);2-6,10,18H,7-8H2,1H3,(H,17,21);4-5,8H,6-7H2,1-3H3;1-5H;2-4,13-14H,1H3,(H,11,12). The fourth-order valence-corrected chi connectivity index (χ4v) is 13.9. The molecule has 0 radical (unpaired) electrons. The minimum absolute atomic E-state index is 0.00940. The Morgan fingerprint density at radius 2 is 0.788 bits per heavy atom. The van der Waals surface area contributed by atoms with Gasteiger partial charge in [0.25, 0.3) is 23.6 Å². The molecule has 132 heavy (non-hydrogen) atoms. The van der Waals surface area contributed by atoms with Crippen molar-refractivity contribution in [3.05, 3.63) is 268 Å². The van der Waals surface area contributed by atoms with Crippen LogP contribution in [-0.4, -0.2) is 218 Å². The van der Waals surface area contributed by atoms with Crippen LogP contribution in [0.15, 0.2) is 183 Å². The number of carbonyl (C=O) groups excluding carboxylic acids is 6. The van der Waals surface area contributed by atoms with Crippen LogP contribution in [0.25, 0.3) is 55.6 Å². The van der Waals surface area contributed by atoms with Crippen molar-refractivity contribution in [2.45, 2.75) is 81.9 Å². The molecular formula is C89H87BClF9N18O13S. The topological polar surface area (TPSA) is 403 Å². The maximum Gasteiger partial charge on any atom is 0.534 e. The highest BCUT2D eigenvalue weighted by atomic mass is 35.5. The fourth-order valence-electron chi connectivity index (χ4n) is 13.3. The van der Waals surface area contributed by atoms with Crippen LogP contribution in [0.2, 0.25) is 5.15 Å². The normalized spacial score (nSPS) is 13.8. The lowest BCUT2D eigenvalue weighted by atomic mass is 9.80.